The van der Waals surface area contributed by atoms with E-state index in [1.54, 1.807) is 0 Å². The van der Waals surface area contributed by atoms with Crippen LogP contribution in [0, 0.1) is 0 Å². The Hall–Kier alpha value is 0.651. The van der Waals surface area contributed by atoms with E-state index < -0.39 is 16.1 Å². The Kier molecular flexibility index (Phi) is 4.69. The summed E-state index contributed by atoms with van der Waals surface area (Å²) in [5.74, 6) is 0. The quantitative estimate of drug-likeness (QED) is 0.618. The normalized spacial score (nSPS) is 15.2. The third-order valence-corrected chi connectivity index (χ3v) is 20.2. The average molecular weight is 256 g/mol. The first-order valence-electron chi connectivity index (χ1n) is 5.75. The van der Waals surface area contributed by atoms with Crippen LogP contribution in [0.15, 0.2) is 0 Å². The second-order valence-electron chi connectivity index (χ2n) is 7.50. The van der Waals surface area contributed by atoms with Gasteiger partial charge in [-0.05, 0) is 15.1 Å². The zero-order valence-electron chi connectivity index (χ0n) is 12.0. The Morgan fingerprint density at radius 1 is 0.600 bits per heavy atom. The highest BCUT2D eigenvalue weighted by Gasteiger charge is 2.44. The highest BCUT2D eigenvalue weighted by atomic mass is 29.6. The van der Waals surface area contributed by atoms with Crippen LogP contribution in [0.3, 0.4) is 0 Å². The molecule has 0 aromatic heterocycles. The first-order valence-corrected chi connectivity index (χ1v) is 11.2. The minimum atomic E-state index is -0.451. The molecule has 0 amide bonds. The first kappa shape index (κ1) is 15.7. The van der Waals surface area contributed by atoms with Crippen LogP contribution in [0.5, 0.6) is 0 Å². The molecule has 0 heterocycles. The van der Waals surface area contributed by atoms with Crippen molar-refractivity contribution >= 4 is 25.9 Å². The summed E-state index contributed by atoms with van der Waals surface area (Å²) in [6.45, 7) is 21.7. The maximum absolute atomic E-state index is 4.14. The standard InChI is InChI=1S/C12H27Si3/c1-10(2,3)14(11(4,5)6)15(13)12(7,8)9/h1-9H3. The van der Waals surface area contributed by atoms with E-state index in [2.05, 4.69) is 72.1 Å². The highest BCUT2D eigenvalue weighted by Crippen LogP contribution is 2.46. The van der Waals surface area contributed by atoms with Crippen LogP contribution in [0.4, 0.5) is 0 Å². The molecule has 0 saturated heterocycles. The maximum Gasteiger partial charge on any atom is 0.0468 e. The van der Waals surface area contributed by atoms with E-state index >= 15 is 0 Å². The Labute approximate surface area is 103 Å². The number of hydrogen-bond donors (Lipinski definition) is 0. The monoisotopic (exact) mass is 255 g/mol. The van der Waals surface area contributed by atoms with Gasteiger partial charge in [0.15, 0.2) is 0 Å². The molecule has 0 aliphatic carbocycles. The predicted octanol–water partition coefficient (Wildman–Crippen LogP) is 4.12. The first-order chi connectivity index (χ1) is 6.28. The molecule has 0 aliphatic rings. The lowest BCUT2D eigenvalue weighted by Crippen LogP contribution is -2.53. The fourth-order valence-corrected chi connectivity index (χ4v) is 20.2. The minimum absolute atomic E-state index is 0.395. The van der Waals surface area contributed by atoms with Crippen LogP contribution < -0.4 is 0 Å². The van der Waals surface area contributed by atoms with Crippen molar-refractivity contribution in [3.63, 3.8) is 0 Å². The van der Waals surface area contributed by atoms with E-state index in [-0.39, 0.29) is 0 Å². The van der Waals surface area contributed by atoms with Crippen molar-refractivity contribution in [2.75, 3.05) is 0 Å². The molecular weight excluding hydrogens is 228 g/mol. The second kappa shape index (κ2) is 4.49. The molecule has 0 unspecified atom stereocenters. The van der Waals surface area contributed by atoms with Gasteiger partial charge in [-0.25, -0.2) is 0 Å². The average Bonchev–Trinajstić information content (AvgIpc) is 1.76. The lowest BCUT2D eigenvalue weighted by molar-refractivity contribution is 0.651. The van der Waals surface area contributed by atoms with Gasteiger partial charge < -0.3 is 0 Å². The molecule has 0 aromatic carbocycles. The van der Waals surface area contributed by atoms with Gasteiger partial charge in [0.2, 0.25) is 0 Å². The van der Waals surface area contributed by atoms with Gasteiger partial charge in [0.25, 0.3) is 0 Å². The molecule has 15 heavy (non-hydrogen) atoms. The van der Waals surface area contributed by atoms with Gasteiger partial charge in [0, 0.05) is 25.9 Å². The van der Waals surface area contributed by atoms with Gasteiger partial charge in [0.1, 0.15) is 0 Å². The summed E-state index contributed by atoms with van der Waals surface area (Å²) in [4.78, 5) is 0. The van der Waals surface area contributed by atoms with Gasteiger partial charge in [-0.3, -0.25) is 0 Å². The summed E-state index contributed by atoms with van der Waals surface area (Å²) < 4.78 is 0. The van der Waals surface area contributed by atoms with Gasteiger partial charge in [-0.15, -0.1) is 0 Å². The van der Waals surface area contributed by atoms with Gasteiger partial charge in [-0.2, -0.15) is 0 Å². The molecule has 87 valence electrons. The molecule has 0 aromatic rings. The Balaban J connectivity index is 5.16. The molecule has 0 saturated carbocycles. The van der Waals surface area contributed by atoms with E-state index in [4.69, 9.17) is 0 Å². The smallest absolute Gasteiger partial charge is 0.0468 e. The Morgan fingerprint density at radius 2 is 0.867 bits per heavy atom. The molecule has 5 radical (unpaired) electrons. The van der Waals surface area contributed by atoms with E-state index in [9.17, 15) is 0 Å². The molecule has 0 nitrogen and oxygen atoms in total. The van der Waals surface area contributed by atoms with E-state index in [1.807, 2.05) is 0 Å². The van der Waals surface area contributed by atoms with Crippen LogP contribution >= 0.6 is 0 Å². The Morgan fingerprint density at radius 3 is 0.933 bits per heavy atom. The van der Waals surface area contributed by atoms with Crippen molar-refractivity contribution in [2.24, 2.45) is 0 Å². The summed E-state index contributed by atoms with van der Waals surface area (Å²) in [5.41, 5.74) is 0. The van der Waals surface area contributed by atoms with E-state index in [1.165, 1.54) is 0 Å². The second-order valence-corrected chi connectivity index (χ2v) is 19.5. The molecule has 0 N–H and O–H groups in total. The number of hydrogen-bond acceptors (Lipinski definition) is 0. The minimum Gasteiger partial charge on any atom is -0.0633 e. The summed E-state index contributed by atoms with van der Waals surface area (Å²) in [7, 11) is 3.29. The van der Waals surface area contributed by atoms with Gasteiger partial charge >= 0.3 is 0 Å². The highest BCUT2D eigenvalue weighted by molar-refractivity contribution is 7.43. The molecule has 0 rings (SSSR count). The summed E-state index contributed by atoms with van der Waals surface area (Å²) in [6.07, 6.45) is 0. The van der Waals surface area contributed by atoms with E-state index in [0.29, 0.717) is 15.1 Å². The largest absolute Gasteiger partial charge is 0.0633 e. The van der Waals surface area contributed by atoms with Crippen LogP contribution in [-0.2, 0) is 0 Å². The van der Waals surface area contributed by atoms with Gasteiger partial charge in [0.05, 0.1) is 0 Å². The van der Waals surface area contributed by atoms with Crippen LogP contribution in [0.1, 0.15) is 62.3 Å². The van der Waals surface area contributed by atoms with Crippen LogP contribution in [0.25, 0.3) is 0 Å². The fourth-order valence-electron chi connectivity index (χ4n) is 2.25. The third-order valence-electron chi connectivity index (χ3n) is 2.50. The Bertz CT molecular complexity index is 188. The molecule has 0 aliphatic heterocycles. The van der Waals surface area contributed by atoms with Crippen LogP contribution in [-0.4, -0.2) is 25.9 Å². The maximum atomic E-state index is 4.14. The predicted molar refractivity (Wildman–Crippen MR) is 76.4 cm³/mol. The van der Waals surface area contributed by atoms with Crippen molar-refractivity contribution in [3.8, 4) is 0 Å². The lowest BCUT2D eigenvalue weighted by atomic mass is 10.2. The zero-order chi connectivity index (χ0) is 12.7. The van der Waals surface area contributed by atoms with Crippen molar-refractivity contribution in [1.29, 1.82) is 0 Å². The van der Waals surface area contributed by atoms with Crippen molar-refractivity contribution in [3.05, 3.63) is 0 Å². The van der Waals surface area contributed by atoms with E-state index in [0.717, 1.165) is 0 Å². The van der Waals surface area contributed by atoms with Crippen LogP contribution in [0.2, 0.25) is 15.1 Å². The summed E-state index contributed by atoms with van der Waals surface area (Å²) in [5, 5.41) is 1.41. The van der Waals surface area contributed by atoms with Crippen molar-refractivity contribution < 1.29 is 0 Å². The topological polar surface area (TPSA) is 0 Å². The molecule has 0 fully saturated rings. The molecule has 0 atom stereocenters. The summed E-state index contributed by atoms with van der Waals surface area (Å²) in [6, 6.07) is 0. The van der Waals surface area contributed by atoms with Crippen molar-refractivity contribution in [1.82, 2.24) is 0 Å². The van der Waals surface area contributed by atoms with Crippen molar-refractivity contribution in [2.45, 2.75) is 77.4 Å². The number of rotatable bonds is 1. The zero-order valence-corrected chi connectivity index (χ0v) is 15.0. The summed E-state index contributed by atoms with van der Waals surface area (Å²) >= 11 is 0. The third kappa shape index (κ3) is 4.57. The SMILES string of the molecule is CC(C)(C)[Si]([Si])[Si](C(C)(C)C)C(C)(C)C. The fraction of sp³-hybridized carbons (Fsp3) is 1.00. The molecule has 0 spiro atoms. The van der Waals surface area contributed by atoms with Gasteiger partial charge in [-0.1, -0.05) is 62.3 Å². The molecule has 3 heteroatoms. The molecule has 0 bridgehead atoms. The lowest BCUT2D eigenvalue weighted by Gasteiger charge is -2.47. The molecular formula is C12H27Si3.